The Kier molecular flexibility index (Phi) is 4.82. The van der Waals surface area contributed by atoms with Gasteiger partial charge in [-0.2, -0.15) is 0 Å². The molecule has 1 heteroatoms. The van der Waals surface area contributed by atoms with Crippen LogP contribution < -0.4 is 5.32 Å². The lowest BCUT2D eigenvalue weighted by molar-refractivity contribution is 0.288. The zero-order chi connectivity index (χ0) is 13.0. The van der Waals surface area contributed by atoms with Gasteiger partial charge in [0.1, 0.15) is 0 Å². The van der Waals surface area contributed by atoms with Gasteiger partial charge in [-0.25, -0.2) is 0 Å². The predicted molar refractivity (Wildman–Crippen MR) is 79.0 cm³/mol. The highest BCUT2D eigenvalue weighted by Crippen LogP contribution is 2.36. The summed E-state index contributed by atoms with van der Waals surface area (Å²) in [5.41, 5.74) is 2.89. The lowest BCUT2D eigenvalue weighted by atomic mass is 9.75. The normalized spacial score (nSPS) is 23.1. The van der Waals surface area contributed by atoms with E-state index in [0.29, 0.717) is 0 Å². The van der Waals surface area contributed by atoms with Gasteiger partial charge in [-0.3, -0.25) is 0 Å². The fraction of sp³-hybridized carbons (Fsp3) is 0.647. The Bertz CT molecular complexity index is 346. The zero-order valence-corrected chi connectivity index (χ0v) is 12.1. The Balaban J connectivity index is 1.63. The molecule has 0 atom stereocenters. The second-order valence-electron chi connectivity index (χ2n) is 6.27. The molecule has 1 nitrogen and oxygen atoms in total. The maximum Gasteiger partial charge on any atom is 0.00787 e. The van der Waals surface area contributed by atoms with Crippen molar-refractivity contribution in [2.45, 2.75) is 58.4 Å². The van der Waals surface area contributed by atoms with Crippen LogP contribution in [0.4, 0.5) is 0 Å². The highest BCUT2D eigenvalue weighted by atomic mass is 14.9. The minimum atomic E-state index is 0.767. The average Bonchev–Trinajstić information content (AvgIpc) is 2.28. The molecule has 0 heterocycles. The lowest BCUT2D eigenvalue weighted by Crippen LogP contribution is -2.40. The first kappa shape index (κ1) is 13.6. The van der Waals surface area contributed by atoms with Crippen LogP contribution in [-0.2, 0) is 0 Å². The summed E-state index contributed by atoms with van der Waals surface area (Å²) in [5.74, 6) is 1.64. The van der Waals surface area contributed by atoms with Crippen LogP contribution in [0.3, 0.4) is 0 Å². The summed E-state index contributed by atoms with van der Waals surface area (Å²) in [6, 6.07) is 9.84. The minimum Gasteiger partial charge on any atom is -0.314 e. The third-order valence-corrected chi connectivity index (χ3v) is 4.08. The Morgan fingerprint density at radius 2 is 1.83 bits per heavy atom. The van der Waals surface area contributed by atoms with Gasteiger partial charge in [0.05, 0.1) is 0 Å². The summed E-state index contributed by atoms with van der Waals surface area (Å²) in [4.78, 5) is 0. The monoisotopic (exact) mass is 245 g/mol. The number of aryl methyl sites for hydroxylation is 1. The van der Waals surface area contributed by atoms with E-state index in [1.54, 1.807) is 0 Å². The van der Waals surface area contributed by atoms with Gasteiger partial charge in [0, 0.05) is 6.04 Å². The third kappa shape index (κ3) is 3.84. The average molecular weight is 245 g/mol. The molecule has 1 aliphatic carbocycles. The number of hydrogen-bond donors (Lipinski definition) is 1. The fourth-order valence-electron chi connectivity index (χ4n) is 2.71. The predicted octanol–water partition coefficient (Wildman–Crippen LogP) is 4.27. The molecule has 1 fully saturated rings. The molecule has 0 aromatic heterocycles. The topological polar surface area (TPSA) is 12.0 Å². The molecular formula is C17H27N. The Morgan fingerprint density at radius 1 is 1.17 bits per heavy atom. The van der Waals surface area contributed by atoms with Crippen LogP contribution in [0.2, 0.25) is 0 Å². The second-order valence-corrected chi connectivity index (χ2v) is 6.27. The van der Waals surface area contributed by atoms with Gasteiger partial charge in [-0.15, -0.1) is 0 Å². The van der Waals surface area contributed by atoms with Crippen molar-refractivity contribution >= 4 is 0 Å². The highest BCUT2D eigenvalue weighted by Gasteiger charge is 2.29. The SMILES string of the molecule is Cc1ccc(C2CC(NCCCC(C)C)C2)cc1. The van der Waals surface area contributed by atoms with E-state index in [2.05, 4.69) is 50.4 Å². The molecule has 18 heavy (non-hydrogen) atoms. The summed E-state index contributed by atoms with van der Waals surface area (Å²) in [6.45, 7) is 7.96. The van der Waals surface area contributed by atoms with E-state index in [1.165, 1.54) is 43.4 Å². The van der Waals surface area contributed by atoms with Crippen LogP contribution in [0.15, 0.2) is 24.3 Å². The molecule has 1 aromatic rings. The van der Waals surface area contributed by atoms with Gasteiger partial charge in [0.15, 0.2) is 0 Å². The lowest BCUT2D eigenvalue weighted by Gasteiger charge is -2.36. The molecule has 2 rings (SSSR count). The Labute approximate surface area is 112 Å². The van der Waals surface area contributed by atoms with Crippen LogP contribution in [0, 0.1) is 12.8 Å². The van der Waals surface area contributed by atoms with E-state index < -0.39 is 0 Å². The van der Waals surface area contributed by atoms with E-state index in [9.17, 15) is 0 Å². The van der Waals surface area contributed by atoms with Crippen molar-refractivity contribution in [1.82, 2.24) is 5.32 Å². The first-order valence-corrected chi connectivity index (χ1v) is 7.45. The van der Waals surface area contributed by atoms with Crippen molar-refractivity contribution in [2.75, 3.05) is 6.54 Å². The van der Waals surface area contributed by atoms with Gasteiger partial charge in [0.25, 0.3) is 0 Å². The maximum absolute atomic E-state index is 3.69. The van der Waals surface area contributed by atoms with Crippen molar-refractivity contribution in [1.29, 1.82) is 0 Å². The molecule has 0 saturated heterocycles. The molecular weight excluding hydrogens is 218 g/mol. The highest BCUT2D eigenvalue weighted by molar-refractivity contribution is 5.26. The van der Waals surface area contributed by atoms with Crippen LogP contribution in [0.1, 0.15) is 56.6 Å². The van der Waals surface area contributed by atoms with Gasteiger partial charge < -0.3 is 5.32 Å². The first-order valence-electron chi connectivity index (χ1n) is 7.45. The van der Waals surface area contributed by atoms with E-state index in [1.807, 2.05) is 0 Å². The molecule has 1 saturated carbocycles. The van der Waals surface area contributed by atoms with E-state index in [4.69, 9.17) is 0 Å². The Morgan fingerprint density at radius 3 is 2.44 bits per heavy atom. The Hall–Kier alpha value is -0.820. The molecule has 0 bridgehead atoms. The minimum absolute atomic E-state index is 0.767. The van der Waals surface area contributed by atoms with Crippen LogP contribution in [0.25, 0.3) is 0 Å². The van der Waals surface area contributed by atoms with Gasteiger partial charge >= 0.3 is 0 Å². The van der Waals surface area contributed by atoms with Crippen molar-refractivity contribution in [3.63, 3.8) is 0 Å². The van der Waals surface area contributed by atoms with Crippen LogP contribution in [0.5, 0.6) is 0 Å². The number of rotatable bonds is 6. The molecule has 1 aliphatic rings. The van der Waals surface area contributed by atoms with Gasteiger partial charge in [-0.05, 0) is 56.6 Å². The summed E-state index contributed by atoms with van der Waals surface area (Å²) >= 11 is 0. The summed E-state index contributed by atoms with van der Waals surface area (Å²) in [6.07, 6.45) is 5.32. The number of hydrogen-bond acceptors (Lipinski definition) is 1. The third-order valence-electron chi connectivity index (χ3n) is 4.08. The number of benzene rings is 1. The van der Waals surface area contributed by atoms with Crippen molar-refractivity contribution in [3.05, 3.63) is 35.4 Å². The van der Waals surface area contributed by atoms with Gasteiger partial charge in [0.2, 0.25) is 0 Å². The van der Waals surface area contributed by atoms with E-state index in [0.717, 1.165) is 17.9 Å². The number of nitrogens with one attached hydrogen (secondary N) is 1. The van der Waals surface area contributed by atoms with Crippen LogP contribution >= 0.6 is 0 Å². The maximum atomic E-state index is 3.69. The van der Waals surface area contributed by atoms with E-state index in [-0.39, 0.29) is 0 Å². The zero-order valence-electron chi connectivity index (χ0n) is 12.1. The largest absolute Gasteiger partial charge is 0.314 e. The molecule has 0 unspecified atom stereocenters. The summed E-state index contributed by atoms with van der Waals surface area (Å²) < 4.78 is 0. The summed E-state index contributed by atoms with van der Waals surface area (Å²) in [7, 11) is 0. The van der Waals surface area contributed by atoms with Crippen molar-refractivity contribution in [2.24, 2.45) is 5.92 Å². The fourth-order valence-corrected chi connectivity index (χ4v) is 2.71. The summed E-state index contributed by atoms with van der Waals surface area (Å²) in [5, 5.41) is 3.69. The molecule has 1 aromatic carbocycles. The molecule has 0 amide bonds. The molecule has 0 aliphatic heterocycles. The molecule has 1 N–H and O–H groups in total. The molecule has 100 valence electrons. The quantitative estimate of drug-likeness (QED) is 0.738. The second kappa shape index (κ2) is 6.38. The van der Waals surface area contributed by atoms with Crippen molar-refractivity contribution < 1.29 is 0 Å². The van der Waals surface area contributed by atoms with Crippen LogP contribution in [-0.4, -0.2) is 12.6 Å². The van der Waals surface area contributed by atoms with E-state index >= 15 is 0 Å². The molecule has 0 spiro atoms. The standard InChI is InChI=1S/C17H27N/c1-13(2)5-4-10-18-17-11-16(12-17)15-8-6-14(3)7-9-15/h6-9,13,16-18H,4-5,10-12H2,1-3H3. The smallest absolute Gasteiger partial charge is 0.00787 e. The first-order chi connectivity index (χ1) is 8.65. The molecule has 0 radical (unpaired) electrons. The van der Waals surface area contributed by atoms with Crippen molar-refractivity contribution in [3.8, 4) is 0 Å². The van der Waals surface area contributed by atoms with Gasteiger partial charge in [-0.1, -0.05) is 43.7 Å².